The third kappa shape index (κ3) is 2.62. The predicted octanol–water partition coefficient (Wildman–Crippen LogP) is 4.17. The second kappa shape index (κ2) is 4.70. The van der Waals surface area contributed by atoms with Gasteiger partial charge in [-0.2, -0.15) is 5.26 Å². The van der Waals surface area contributed by atoms with Gasteiger partial charge in [-0.05, 0) is 17.5 Å². The quantitative estimate of drug-likeness (QED) is 0.852. The van der Waals surface area contributed by atoms with E-state index in [0.717, 1.165) is 28.6 Å². The van der Waals surface area contributed by atoms with E-state index < -0.39 is 0 Å². The van der Waals surface area contributed by atoms with Gasteiger partial charge >= 0.3 is 0 Å². The zero-order chi connectivity index (χ0) is 13.2. The van der Waals surface area contributed by atoms with Gasteiger partial charge in [0, 0.05) is 23.0 Å². The number of anilines is 1. The molecule has 0 atom stereocenters. The molecule has 0 unspecified atom stereocenters. The summed E-state index contributed by atoms with van der Waals surface area (Å²) >= 11 is 0. The summed E-state index contributed by atoms with van der Waals surface area (Å²) < 4.78 is 0. The van der Waals surface area contributed by atoms with E-state index in [4.69, 9.17) is 5.26 Å². The van der Waals surface area contributed by atoms with E-state index in [-0.39, 0.29) is 5.41 Å². The molecule has 2 aromatic rings. The van der Waals surface area contributed by atoms with Crippen molar-refractivity contribution in [3.05, 3.63) is 42.0 Å². The molecule has 0 heterocycles. The standard InChI is InChI=1S/C16H18N2/c1-16(2,3)11-18-15-9-8-12(10-17)13-6-4-5-7-14(13)15/h4-9,18H,11H2,1-3H3. The maximum Gasteiger partial charge on any atom is 0.0998 e. The van der Waals surface area contributed by atoms with Crippen molar-refractivity contribution in [3.8, 4) is 6.07 Å². The van der Waals surface area contributed by atoms with Crippen LogP contribution in [0.5, 0.6) is 0 Å². The zero-order valence-electron chi connectivity index (χ0n) is 11.1. The van der Waals surface area contributed by atoms with Crippen molar-refractivity contribution in [1.29, 1.82) is 5.26 Å². The Balaban J connectivity index is 2.44. The van der Waals surface area contributed by atoms with Crippen molar-refractivity contribution in [1.82, 2.24) is 0 Å². The molecule has 0 radical (unpaired) electrons. The predicted molar refractivity (Wildman–Crippen MR) is 76.6 cm³/mol. The van der Waals surface area contributed by atoms with Gasteiger partial charge in [0.05, 0.1) is 11.6 Å². The van der Waals surface area contributed by atoms with Gasteiger partial charge in [-0.1, -0.05) is 45.0 Å². The van der Waals surface area contributed by atoms with E-state index in [1.165, 1.54) is 0 Å². The number of benzene rings is 2. The molecule has 0 fully saturated rings. The second-order valence-electron chi connectivity index (χ2n) is 5.73. The zero-order valence-corrected chi connectivity index (χ0v) is 11.1. The van der Waals surface area contributed by atoms with E-state index in [1.54, 1.807) is 0 Å². The third-order valence-corrected chi connectivity index (χ3v) is 2.85. The summed E-state index contributed by atoms with van der Waals surface area (Å²) in [6.45, 7) is 7.51. The van der Waals surface area contributed by atoms with Gasteiger partial charge in [0.25, 0.3) is 0 Å². The molecule has 2 aromatic carbocycles. The molecule has 0 bridgehead atoms. The smallest absolute Gasteiger partial charge is 0.0998 e. The van der Waals surface area contributed by atoms with E-state index in [1.807, 2.05) is 30.3 Å². The van der Waals surface area contributed by atoms with Crippen LogP contribution >= 0.6 is 0 Å². The van der Waals surface area contributed by atoms with Gasteiger partial charge in [0.15, 0.2) is 0 Å². The summed E-state index contributed by atoms with van der Waals surface area (Å²) in [6, 6.07) is 14.1. The first-order valence-corrected chi connectivity index (χ1v) is 6.17. The van der Waals surface area contributed by atoms with Crippen LogP contribution in [0.2, 0.25) is 0 Å². The number of nitrogens with zero attached hydrogens (tertiary/aromatic N) is 1. The first kappa shape index (κ1) is 12.4. The van der Waals surface area contributed by atoms with Gasteiger partial charge in [0.1, 0.15) is 0 Å². The lowest BCUT2D eigenvalue weighted by atomic mass is 9.96. The second-order valence-corrected chi connectivity index (χ2v) is 5.73. The highest BCUT2D eigenvalue weighted by atomic mass is 14.9. The monoisotopic (exact) mass is 238 g/mol. The number of nitrogens with one attached hydrogen (secondary N) is 1. The molecule has 92 valence electrons. The van der Waals surface area contributed by atoms with Crippen molar-refractivity contribution in [2.45, 2.75) is 20.8 Å². The van der Waals surface area contributed by atoms with E-state index in [2.05, 4.69) is 38.2 Å². The van der Waals surface area contributed by atoms with Crippen LogP contribution in [0.1, 0.15) is 26.3 Å². The van der Waals surface area contributed by atoms with Gasteiger partial charge < -0.3 is 5.32 Å². The van der Waals surface area contributed by atoms with Crippen LogP contribution in [0.4, 0.5) is 5.69 Å². The molecular formula is C16H18N2. The van der Waals surface area contributed by atoms with Crippen LogP contribution in [0, 0.1) is 16.7 Å². The summed E-state index contributed by atoms with van der Waals surface area (Å²) in [5.74, 6) is 0. The molecule has 0 aromatic heterocycles. The fourth-order valence-electron chi connectivity index (χ4n) is 1.91. The molecule has 0 aliphatic heterocycles. The molecule has 2 nitrogen and oxygen atoms in total. The third-order valence-electron chi connectivity index (χ3n) is 2.85. The van der Waals surface area contributed by atoms with Crippen molar-refractivity contribution < 1.29 is 0 Å². The molecule has 0 spiro atoms. The Morgan fingerprint density at radius 2 is 1.72 bits per heavy atom. The highest BCUT2D eigenvalue weighted by Gasteiger charge is 2.11. The largest absolute Gasteiger partial charge is 0.384 e. The maximum absolute atomic E-state index is 9.12. The maximum atomic E-state index is 9.12. The lowest BCUT2D eigenvalue weighted by Gasteiger charge is -2.20. The molecule has 18 heavy (non-hydrogen) atoms. The lowest BCUT2D eigenvalue weighted by molar-refractivity contribution is 0.443. The van der Waals surface area contributed by atoms with Crippen molar-refractivity contribution in [2.75, 3.05) is 11.9 Å². The minimum Gasteiger partial charge on any atom is -0.384 e. The van der Waals surface area contributed by atoms with Gasteiger partial charge in [0.2, 0.25) is 0 Å². The molecule has 1 N–H and O–H groups in total. The van der Waals surface area contributed by atoms with Gasteiger partial charge in [-0.15, -0.1) is 0 Å². The number of fused-ring (bicyclic) bond motifs is 1. The molecule has 2 heteroatoms. The van der Waals surface area contributed by atoms with Crippen LogP contribution < -0.4 is 5.32 Å². The number of hydrogen-bond acceptors (Lipinski definition) is 2. The minimum atomic E-state index is 0.231. The Hall–Kier alpha value is -2.01. The highest BCUT2D eigenvalue weighted by Crippen LogP contribution is 2.27. The Bertz CT molecular complexity index is 601. The van der Waals surface area contributed by atoms with Crippen LogP contribution in [0.15, 0.2) is 36.4 Å². The van der Waals surface area contributed by atoms with Crippen LogP contribution in [-0.4, -0.2) is 6.54 Å². The number of hydrogen-bond donors (Lipinski definition) is 1. The minimum absolute atomic E-state index is 0.231. The lowest BCUT2D eigenvalue weighted by Crippen LogP contribution is -2.19. The summed E-state index contributed by atoms with van der Waals surface area (Å²) in [6.07, 6.45) is 0. The van der Waals surface area contributed by atoms with Crippen LogP contribution in [0.25, 0.3) is 10.8 Å². The first-order valence-electron chi connectivity index (χ1n) is 6.17. The molecule has 2 rings (SSSR count). The van der Waals surface area contributed by atoms with Crippen molar-refractivity contribution >= 4 is 16.5 Å². The van der Waals surface area contributed by atoms with Crippen LogP contribution in [0.3, 0.4) is 0 Å². The molecule has 0 saturated heterocycles. The Labute approximate surface area is 108 Å². The molecular weight excluding hydrogens is 220 g/mol. The van der Waals surface area contributed by atoms with E-state index in [0.29, 0.717) is 0 Å². The van der Waals surface area contributed by atoms with Crippen molar-refractivity contribution in [3.63, 3.8) is 0 Å². The summed E-state index contributed by atoms with van der Waals surface area (Å²) in [7, 11) is 0. The topological polar surface area (TPSA) is 35.8 Å². The van der Waals surface area contributed by atoms with Crippen LogP contribution in [-0.2, 0) is 0 Å². The Morgan fingerprint density at radius 3 is 2.33 bits per heavy atom. The fraction of sp³-hybridized carbons (Fsp3) is 0.312. The van der Waals surface area contributed by atoms with Gasteiger partial charge in [-0.25, -0.2) is 0 Å². The van der Waals surface area contributed by atoms with Gasteiger partial charge in [-0.3, -0.25) is 0 Å². The summed E-state index contributed by atoms with van der Waals surface area (Å²) in [5.41, 5.74) is 2.06. The first-order chi connectivity index (χ1) is 8.51. The summed E-state index contributed by atoms with van der Waals surface area (Å²) in [4.78, 5) is 0. The average Bonchev–Trinajstić information content (AvgIpc) is 2.35. The van der Waals surface area contributed by atoms with Crippen molar-refractivity contribution in [2.24, 2.45) is 5.41 Å². The molecule has 0 aliphatic carbocycles. The fourth-order valence-corrected chi connectivity index (χ4v) is 1.91. The Morgan fingerprint density at radius 1 is 1.06 bits per heavy atom. The summed E-state index contributed by atoms with van der Waals surface area (Å²) in [5, 5.41) is 14.7. The average molecular weight is 238 g/mol. The number of rotatable bonds is 2. The normalized spacial score (nSPS) is 11.2. The van der Waals surface area contributed by atoms with E-state index >= 15 is 0 Å². The molecule has 0 saturated carbocycles. The Kier molecular flexibility index (Phi) is 3.25. The molecule has 0 aliphatic rings. The van der Waals surface area contributed by atoms with E-state index in [9.17, 15) is 0 Å². The number of nitriles is 1. The SMILES string of the molecule is CC(C)(C)CNc1ccc(C#N)c2ccccc12. The highest BCUT2D eigenvalue weighted by molar-refractivity contribution is 5.97. The molecule has 0 amide bonds.